The molecule has 1 aliphatic carbocycles. The second-order valence-corrected chi connectivity index (χ2v) is 7.50. The fraction of sp³-hybridized carbons (Fsp3) is 0.650. The predicted molar refractivity (Wildman–Crippen MR) is 102 cm³/mol. The summed E-state index contributed by atoms with van der Waals surface area (Å²) in [7, 11) is 0. The van der Waals surface area contributed by atoms with E-state index in [1.54, 1.807) is 12.4 Å². The van der Waals surface area contributed by atoms with Gasteiger partial charge in [0.15, 0.2) is 0 Å². The van der Waals surface area contributed by atoms with E-state index in [0.717, 1.165) is 12.2 Å². The van der Waals surface area contributed by atoms with Crippen molar-refractivity contribution in [2.75, 3.05) is 31.5 Å². The molecule has 2 amide bonds. The van der Waals surface area contributed by atoms with E-state index in [2.05, 4.69) is 15.6 Å². The van der Waals surface area contributed by atoms with Gasteiger partial charge in [-0.3, -0.25) is 14.6 Å². The van der Waals surface area contributed by atoms with Crippen LogP contribution in [0.15, 0.2) is 24.5 Å². The van der Waals surface area contributed by atoms with Crippen molar-refractivity contribution in [1.29, 1.82) is 0 Å². The van der Waals surface area contributed by atoms with E-state index in [1.807, 2.05) is 17.0 Å². The molecular formula is C20H30N4O2. The Morgan fingerprint density at radius 2 is 2.04 bits per heavy atom. The van der Waals surface area contributed by atoms with Crippen molar-refractivity contribution in [3.05, 3.63) is 24.5 Å². The third-order valence-corrected chi connectivity index (χ3v) is 5.49. The summed E-state index contributed by atoms with van der Waals surface area (Å²) >= 11 is 0. The van der Waals surface area contributed by atoms with E-state index in [0.29, 0.717) is 38.4 Å². The van der Waals surface area contributed by atoms with Crippen molar-refractivity contribution in [3.8, 4) is 0 Å². The lowest BCUT2D eigenvalue weighted by atomic mass is 9.87. The van der Waals surface area contributed by atoms with Gasteiger partial charge < -0.3 is 15.5 Å². The number of hydrogen-bond acceptors (Lipinski definition) is 4. The molecule has 3 rings (SSSR count). The fourth-order valence-electron chi connectivity index (χ4n) is 3.99. The average molecular weight is 358 g/mol. The Hall–Kier alpha value is -2.11. The summed E-state index contributed by atoms with van der Waals surface area (Å²) in [6, 6.07) is 3.82. The second kappa shape index (κ2) is 9.55. The molecular weight excluding hydrogens is 328 g/mol. The number of pyridine rings is 1. The van der Waals surface area contributed by atoms with Crippen molar-refractivity contribution in [3.63, 3.8) is 0 Å². The van der Waals surface area contributed by atoms with Gasteiger partial charge in [0.2, 0.25) is 11.8 Å². The minimum Gasteiger partial charge on any atom is -0.382 e. The van der Waals surface area contributed by atoms with Crippen LogP contribution in [0.4, 0.5) is 5.69 Å². The Morgan fingerprint density at radius 3 is 2.81 bits per heavy atom. The van der Waals surface area contributed by atoms with Gasteiger partial charge in [0, 0.05) is 45.0 Å². The molecule has 1 aliphatic heterocycles. The quantitative estimate of drug-likeness (QED) is 0.734. The van der Waals surface area contributed by atoms with Crippen molar-refractivity contribution in [2.45, 2.75) is 44.9 Å². The van der Waals surface area contributed by atoms with E-state index in [9.17, 15) is 9.59 Å². The largest absolute Gasteiger partial charge is 0.382 e. The molecule has 1 aromatic heterocycles. The minimum absolute atomic E-state index is 0.0686. The zero-order chi connectivity index (χ0) is 18.2. The van der Waals surface area contributed by atoms with Gasteiger partial charge >= 0.3 is 0 Å². The summed E-state index contributed by atoms with van der Waals surface area (Å²) in [5, 5.41) is 6.23. The number of hydrogen-bond donors (Lipinski definition) is 2. The van der Waals surface area contributed by atoms with Crippen molar-refractivity contribution in [1.82, 2.24) is 15.2 Å². The molecule has 1 saturated carbocycles. The van der Waals surface area contributed by atoms with Crippen molar-refractivity contribution < 1.29 is 9.59 Å². The number of piperidine rings is 1. The third-order valence-electron chi connectivity index (χ3n) is 5.49. The highest BCUT2D eigenvalue weighted by Gasteiger charge is 2.31. The molecule has 2 heterocycles. The van der Waals surface area contributed by atoms with Gasteiger partial charge in [-0.15, -0.1) is 0 Å². The van der Waals surface area contributed by atoms with Crippen LogP contribution >= 0.6 is 0 Å². The van der Waals surface area contributed by atoms with Gasteiger partial charge in [-0.25, -0.2) is 0 Å². The van der Waals surface area contributed by atoms with Gasteiger partial charge in [-0.1, -0.05) is 19.3 Å². The van der Waals surface area contributed by atoms with E-state index >= 15 is 0 Å². The molecule has 1 saturated heterocycles. The van der Waals surface area contributed by atoms with Gasteiger partial charge in [0.25, 0.3) is 0 Å². The van der Waals surface area contributed by atoms with Crippen LogP contribution in [-0.2, 0) is 9.59 Å². The topological polar surface area (TPSA) is 74.3 Å². The van der Waals surface area contributed by atoms with Crippen LogP contribution in [-0.4, -0.2) is 47.9 Å². The van der Waals surface area contributed by atoms with Gasteiger partial charge in [-0.05, 0) is 37.3 Å². The third kappa shape index (κ3) is 5.44. The Kier molecular flexibility index (Phi) is 6.86. The summed E-state index contributed by atoms with van der Waals surface area (Å²) in [5.41, 5.74) is 0.948. The van der Waals surface area contributed by atoms with E-state index < -0.39 is 0 Å². The molecule has 142 valence electrons. The van der Waals surface area contributed by atoms with Crippen LogP contribution < -0.4 is 10.6 Å². The molecule has 0 aromatic carbocycles. The molecule has 0 spiro atoms. The summed E-state index contributed by atoms with van der Waals surface area (Å²) in [6.45, 7) is 2.65. The van der Waals surface area contributed by atoms with Crippen LogP contribution in [0.5, 0.6) is 0 Å². The maximum Gasteiger partial charge on any atom is 0.224 e. The Labute approximate surface area is 155 Å². The lowest BCUT2D eigenvalue weighted by Crippen LogP contribution is -2.47. The Bertz CT molecular complexity index is 587. The first-order valence-corrected chi connectivity index (χ1v) is 9.92. The molecule has 2 fully saturated rings. The number of carbonyl (C=O) groups is 2. The number of nitrogens with zero attached hydrogens (tertiary/aromatic N) is 2. The maximum absolute atomic E-state index is 12.5. The van der Waals surface area contributed by atoms with Gasteiger partial charge in [0.1, 0.15) is 0 Å². The Morgan fingerprint density at radius 1 is 1.19 bits per heavy atom. The highest BCUT2D eigenvalue weighted by molar-refractivity contribution is 5.83. The van der Waals surface area contributed by atoms with Crippen LogP contribution in [0.3, 0.4) is 0 Å². The van der Waals surface area contributed by atoms with Gasteiger partial charge in [-0.2, -0.15) is 0 Å². The van der Waals surface area contributed by atoms with Crippen molar-refractivity contribution in [2.24, 2.45) is 11.8 Å². The summed E-state index contributed by atoms with van der Waals surface area (Å²) in [5.74, 6) is 0.838. The molecule has 6 nitrogen and oxygen atoms in total. The summed E-state index contributed by atoms with van der Waals surface area (Å²) in [6.07, 6.45) is 11.0. The molecule has 2 aliphatic rings. The monoisotopic (exact) mass is 358 g/mol. The zero-order valence-electron chi connectivity index (χ0n) is 15.5. The first-order chi connectivity index (χ1) is 12.7. The molecule has 1 atom stereocenters. The number of anilines is 1. The SMILES string of the molecule is O=C(NCCNc1cccnc1)[C@H]1CCC(=O)N(CC2CCCCC2)C1. The van der Waals surface area contributed by atoms with Crippen LogP contribution in [0.2, 0.25) is 0 Å². The first-order valence-electron chi connectivity index (χ1n) is 9.92. The average Bonchev–Trinajstić information content (AvgIpc) is 2.68. The Balaban J connectivity index is 1.39. The molecule has 0 bridgehead atoms. The zero-order valence-corrected chi connectivity index (χ0v) is 15.5. The van der Waals surface area contributed by atoms with Crippen LogP contribution in [0, 0.1) is 11.8 Å². The number of likely N-dealkylation sites (tertiary alicyclic amines) is 1. The standard InChI is InChI=1S/C20H30N4O2/c25-19-9-8-17(15-24(19)14-16-5-2-1-3-6-16)20(26)23-12-11-22-18-7-4-10-21-13-18/h4,7,10,13,16-17,22H,1-3,5-6,8-9,11-12,14-15H2,(H,23,26)/t17-/m0/s1. The number of carbonyl (C=O) groups excluding carboxylic acids is 2. The predicted octanol–water partition coefficient (Wildman–Crippen LogP) is 2.43. The molecule has 0 unspecified atom stereocenters. The minimum atomic E-state index is -0.0744. The lowest BCUT2D eigenvalue weighted by molar-refractivity contribution is -0.139. The molecule has 26 heavy (non-hydrogen) atoms. The van der Waals surface area contributed by atoms with Crippen LogP contribution in [0.1, 0.15) is 44.9 Å². The molecule has 0 radical (unpaired) electrons. The number of nitrogens with one attached hydrogen (secondary N) is 2. The highest BCUT2D eigenvalue weighted by atomic mass is 16.2. The smallest absolute Gasteiger partial charge is 0.224 e. The molecule has 1 aromatic rings. The summed E-state index contributed by atoms with van der Waals surface area (Å²) < 4.78 is 0. The van der Waals surface area contributed by atoms with E-state index in [1.165, 1.54) is 32.1 Å². The molecule has 6 heteroatoms. The van der Waals surface area contributed by atoms with Crippen LogP contribution in [0.25, 0.3) is 0 Å². The van der Waals surface area contributed by atoms with E-state index in [4.69, 9.17) is 0 Å². The van der Waals surface area contributed by atoms with Crippen molar-refractivity contribution >= 4 is 17.5 Å². The number of amides is 2. The number of aromatic nitrogens is 1. The fourth-order valence-corrected chi connectivity index (χ4v) is 3.99. The number of rotatable bonds is 7. The van der Waals surface area contributed by atoms with Gasteiger partial charge in [0.05, 0.1) is 11.6 Å². The second-order valence-electron chi connectivity index (χ2n) is 7.50. The lowest BCUT2D eigenvalue weighted by Gasteiger charge is -2.35. The summed E-state index contributed by atoms with van der Waals surface area (Å²) in [4.78, 5) is 30.7. The highest BCUT2D eigenvalue weighted by Crippen LogP contribution is 2.27. The normalized spacial score (nSPS) is 21.5. The maximum atomic E-state index is 12.5. The molecule has 2 N–H and O–H groups in total. The first kappa shape index (κ1) is 18.7. The van der Waals surface area contributed by atoms with E-state index in [-0.39, 0.29) is 17.7 Å².